The Bertz CT molecular complexity index is 485. The van der Waals surface area contributed by atoms with Crippen LogP contribution in [0.4, 0.5) is 5.69 Å². The largest absolute Gasteiger partial charge is 0.374 e. The van der Waals surface area contributed by atoms with E-state index in [2.05, 4.69) is 63.2 Å². The molecule has 0 atom stereocenters. The molecule has 0 aliphatic rings. The highest BCUT2D eigenvalue weighted by atomic mass is 79.9. The average molecular weight is 305 g/mol. The van der Waals surface area contributed by atoms with Crippen LogP contribution in [0.15, 0.2) is 48.7 Å². The maximum atomic E-state index is 4.35. The Kier molecular flexibility index (Phi) is 4.76. The van der Waals surface area contributed by atoms with Gasteiger partial charge in [-0.05, 0) is 23.8 Å². The smallest absolute Gasteiger partial charge is 0.0421 e. The lowest BCUT2D eigenvalue weighted by atomic mass is 10.1. The minimum absolute atomic E-state index is 0.886. The summed E-state index contributed by atoms with van der Waals surface area (Å²) in [7, 11) is 2.13. The van der Waals surface area contributed by atoms with Crippen molar-refractivity contribution in [1.82, 2.24) is 4.98 Å². The Balaban J connectivity index is 2.01. The Morgan fingerprint density at radius 2 is 1.89 bits per heavy atom. The van der Waals surface area contributed by atoms with Gasteiger partial charge in [-0.3, -0.25) is 4.98 Å². The van der Waals surface area contributed by atoms with Gasteiger partial charge in [-0.25, -0.2) is 0 Å². The van der Waals surface area contributed by atoms with Gasteiger partial charge in [0.1, 0.15) is 0 Å². The molecule has 0 aliphatic heterocycles. The number of anilines is 1. The Morgan fingerprint density at radius 1 is 1.11 bits per heavy atom. The second kappa shape index (κ2) is 6.55. The minimum Gasteiger partial charge on any atom is -0.374 e. The van der Waals surface area contributed by atoms with Gasteiger partial charge in [-0.15, -0.1) is 0 Å². The third-order valence-electron chi connectivity index (χ3n) is 2.98. The number of halogens is 1. The molecular weight excluding hydrogens is 288 g/mol. The van der Waals surface area contributed by atoms with Crippen LogP contribution in [0, 0.1) is 0 Å². The van der Waals surface area contributed by atoms with Crippen LogP contribution < -0.4 is 4.90 Å². The van der Waals surface area contributed by atoms with Gasteiger partial charge in [-0.1, -0.05) is 40.2 Å². The maximum absolute atomic E-state index is 4.35. The standard InChI is InChI=1S/C15H17BrN2/c1-18(11-9-14-7-4-5-10-17-14)15-8-3-2-6-13(15)12-16/h2-8,10H,9,11-12H2,1H3. The summed E-state index contributed by atoms with van der Waals surface area (Å²) in [6, 6.07) is 14.5. The zero-order chi connectivity index (χ0) is 12.8. The molecule has 0 fully saturated rings. The van der Waals surface area contributed by atoms with E-state index in [1.807, 2.05) is 18.3 Å². The second-order valence-electron chi connectivity index (χ2n) is 4.25. The van der Waals surface area contributed by atoms with Gasteiger partial charge in [0, 0.05) is 42.9 Å². The summed E-state index contributed by atoms with van der Waals surface area (Å²) in [6.07, 6.45) is 2.82. The lowest BCUT2D eigenvalue weighted by Gasteiger charge is -2.21. The lowest BCUT2D eigenvalue weighted by Crippen LogP contribution is -2.21. The summed E-state index contributed by atoms with van der Waals surface area (Å²) in [5.74, 6) is 0. The molecule has 3 heteroatoms. The number of hydrogen-bond donors (Lipinski definition) is 0. The number of likely N-dealkylation sites (N-methyl/N-ethyl adjacent to an activating group) is 1. The molecule has 1 aromatic heterocycles. The van der Waals surface area contributed by atoms with Gasteiger partial charge in [0.15, 0.2) is 0 Å². The number of nitrogens with zero attached hydrogens (tertiary/aromatic N) is 2. The predicted octanol–water partition coefficient (Wildman–Crippen LogP) is 3.66. The average Bonchev–Trinajstić information content (AvgIpc) is 2.45. The molecule has 0 saturated carbocycles. The fourth-order valence-corrected chi connectivity index (χ4v) is 2.42. The first kappa shape index (κ1) is 13.1. The summed E-state index contributed by atoms with van der Waals surface area (Å²) in [5, 5.41) is 0.886. The first-order valence-electron chi connectivity index (χ1n) is 6.06. The van der Waals surface area contributed by atoms with E-state index in [0.29, 0.717) is 0 Å². The summed E-state index contributed by atoms with van der Waals surface area (Å²) < 4.78 is 0. The van der Waals surface area contributed by atoms with Crippen LogP contribution in [-0.4, -0.2) is 18.6 Å². The summed E-state index contributed by atoms with van der Waals surface area (Å²) in [5.41, 5.74) is 3.74. The Hall–Kier alpha value is -1.35. The summed E-state index contributed by atoms with van der Waals surface area (Å²) >= 11 is 3.53. The number of pyridine rings is 1. The Labute approximate surface area is 117 Å². The highest BCUT2D eigenvalue weighted by Crippen LogP contribution is 2.21. The van der Waals surface area contributed by atoms with Gasteiger partial charge in [0.25, 0.3) is 0 Å². The first-order chi connectivity index (χ1) is 8.81. The molecule has 2 nitrogen and oxygen atoms in total. The van der Waals surface area contributed by atoms with E-state index in [4.69, 9.17) is 0 Å². The van der Waals surface area contributed by atoms with Crippen molar-refractivity contribution in [3.05, 3.63) is 59.9 Å². The molecular formula is C15H17BrN2. The zero-order valence-electron chi connectivity index (χ0n) is 10.5. The molecule has 0 bridgehead atoms. The van der Waals surface area contributed by atoms with Crippen LogP contribution in [0.2, 0.25) is 0 Å². The van der Waals surface area contributed by atoms with Gasteiger partial charge in [-0.2, -0.15) is 0 Å². The van der Waals surface area contributed by atoms with Gasteiger partial charge >= 0.3 is 0 Å². The normalized spacial score (nSPS) is 10.3. The van der Waals surface area contributed by atoms with E-state index >= 15 is 0 Å². The molecule has 0 aliphatic carbocycles. The van der Waals surface area contributed by atoms with Crippen molar-refractivity contribution in [3.63, 3.8) is 0 Å². The minimum atomic E-state index is 0.886. The highest BCUT2D eigenvalue weighted by molar-refractivity contribution is 9.08. The van der Waals surface area contributed by atoms with Gasteiger partial charge in [0.05, 0.1) is 0 Å². The first-order valence-corrected chi connectivity index (χ1v) is 7.18. The SMILES string of the molecule is CN(CCc1ccccn1)c1ccccc1CBr. The van der Waals surface area contributed by atoms with Crippen LogP contribution in [-0.2, 0) is 11.8 Å². The van der Waals surface area contributed by atoms with Gasteiger partial charge in [0.2, 0.25) is 0 Å². The predicted molar refractivity (Wildman–Crippen MR) is 80.3 cm³/mol. The van der Waals surface area contributed by atoms with Crippen molar-refractivity contribution in [2.24, 2.45) is 0 Å². The molecule has 0 saturated heterocycles. The molecule has 0 N–H and O–H groups in total. The fourth-order valence-electron chi connectivity index (χ4n) is 1.94. The number of rotatable bonds is 5. The van der Waals surface area contributed by atoms with E-state index in [1.54, 1.807) is 0 Å². The number of hydrogen-bond acceptors (Lipinski definition) is 2. The van der Waals surface area contributed by atoms with Crippen molar-refractivity contribution in [3.8, 4) is 0 Å². The maximum Gasteiger partial charge on any atom is 0.0421 e. The van der Waals surface area contributed by atoms with E-state index < -0.39 is 0 Å². The summed E-state index contributed by atoms with van der Waals surface area (Å²) in [4.78, 5) is 6.63. The van der Waals surface area contributed by atoms with Crippen molar-refractivity contribution < 1.29 is 0 Å². The van der Waals surface area contributed by atoms with Crippen LogP contribution in [0.25, 0.3) is 0 Å². The van der Waals surface area contributed by atoms with Gasteiger partial charge < -0.3 is 4.90 Å². The van der Waals surface area contributed by atoms with E-state index in [1.165, 1.54) is 11.3 Å². The molecule has 2 rings (SSSR count). The van der Waals surface area contributed by atoms with Crippen LogP contribution in [0.3, 0.4) is 0 Å². The molecule has 0 amide bonds. The zero-order valence-corrected chi connectivity index (χ0v) is 12.1. The quantitative estimate of drug-likeness (QED) is 0.784. The molecule has 1 heterocycles. The van der Waals surface area contributed by atoms with Crippen molar-refractivity contribution in [1.29, 1.82) is 0 Å². The fraction of sp³-hybridized carbons (Fsp3) is 0.267. The monoisotopic (exact) mass is 304 g/mol. The third-order valence-corrected chi connectivity index (χ3v) is 3.58. The van der Waals surface area contributed by atoms with Crippen molar-refractivity contribution in [2.75, 3.05) is 18.5 Å². The third kappa shape index (κ3) is 3.33. The van der Waals surface area contributed by atoms with Crippen molar-refractivity contribution in [2.45, 2.75) is 11.8 Å². The molecule has 0 unspecified atom stereocenters. The number of alkyl halides is 1. The van der Waals surface area contributed by atoms with Crippen LogP contribution in [0.1, 0.15) is 11.3 Å². The lowest BCUT2D eigenvalue weighted by molar-refractivity contribution is 0.849. The van der Waals surface area contributed by atoms with Crippen LogP contribution in [0.5, 0.6) is 0 Å². The highest BCUT2D eigenvalue weighted by Gasteiger charge is 2.06. The molecule has 0 spiro atoms. The van der Waals surface area contributed by atoms with E-state index in [-0.39, 0.29) is 0 Å². The van der Waals surface area contributed by atoms with Crippen LogP contribution >= 0.6 is 15.9 Å². The van der Waals surface area contributed by atoms with Crippen molar-refractivity contribution >= 4 is 21.6 Å². The second-order valence-corrected chi connectivity index (χ2v) is 4.82. The van der Waals surface area contributed by atoms with E-state index in [9.17, 15) is 0 Å². The summed E-state index contributed by atoms with van der Waals surface area (Å²) in [6.45, 7) is 0.973. The Morgan fingerprint density at radius 3 is 2.61 bits per heavy atom. The molecule has 0 radical (unpaired) electrons. The molecule has 18 heavy (non-hydrogen) atoms. The van der Waals surface area contributed by atoms with E-state index in [0.717, 1.165) is 24.0 Å². The number of para-hydroxylation sites is 1. The number of benzene rings is 1. The number of aromatic nitrogens is 1. The molecule has 94 valence electrons. The topological polar surface area (TPSA) is 16.1 Å². The molecule has 2 aromatic rings. The molecule has 1 aromatic carbocycles.